The normalized spacial score (nSPS) is 11.6. The van der Waals surface area contributed by atoms with Crippen LogP contribution < -0.4 is 0 Å². The van der Waals surface area contributed by atoms with E-state index in [2.05, 4.69) is 45.2 Å². The first-order chi connectivity index (χ1) is 11.7. The third-order valence-corrected chi connectivity index (χ3v) is 4.96. The number of nitrogens with zero attached hydrogens (tertiary/aromatic N) is 1. The summed E-state index contributed by atoms with van der Waals surface area (Å²) in [5.41, 5.74) is 2.00. The predicted octanol–water partition coefficient (Wildman–Crippen LogP) is 7.16. The monoisotopic (exact) mass is 393 g/mol. The number of aliphatic imine (C=N–C) groups is 1. The second-order valence-corrected chi connectivity index (χ2v) is 6.85. The maximum atomic E-state index is 6.63. The molecule has 0 N–H and O–H groups in total. The van der Waals surface area contributed by atoms with E-state index in [0.29, 0.717) is 0 Å². The quantitative estimate of drug-likeness (QED) is 0.253. The Balaban J connectivity index is 2.00. The molecule has 0 atom stereocenters. The van der Waals surface area contributed by atoms with Gasteiger partial charge in [-0.15, -0.1) is 0 Å². The molecular weight excluding hydrogens is 382 g/mol. The lowest BCUT2D eigenvalue weighted by Gasteiger charge is -2.10. The summed E-state index contributed by atoms with van der Waals surface area (Å²) in [5.74, 6) is 0. The lowest BCUT2D eigenvalue weighted by atomic mass is 9.97. The first-order valence-corrected chi connectivity index (χ1v) is 8.80. The molecule has 0 bridgehead atoms. The molecule has 0 saturated heterocycles. The molecule has 0 spiro atoms. The number of benzene rings is 4. The van der Waals surface area contributed by atoms with Gasteiger partial charge in [-0.05, 0) is 29.0 Å². The van der Waals surface area contributed by atoms with Gasteiger partial charge in [0.25, 0.3) is 0 Å². The van der Waals surface area contributed by atoms with Crippen LogP contribution in [0, 0.1) is 0 Å². The zero-order valence-electron chi connectivity index (χ0n) is 12.7. The van der Waals surface area contributed by atoms with Crippen molar-refractivity contribution in [3.05, 3.63) is 87.9 Å². The second kappa shape index (κ2) is 6.39. The molecule has 4 rings (SSSR count). The molecule has 116 valence electrons. The summed E-state index contributed by atoms with van der Waals surface area (Å²) >= 11 is 10.1. The fraction of sp³-hybridized carbons (Fsp3) is 0. The van der Waals surface area contributed by atoms with Crippen molar-refractivity contribution >= 4 is 61.0 Å². The van der Waals surface area contributed by atoms with E-state index in [9.17, 15) is 0 Å². The summed E-state index contributed by atoms with van der Waals surface area (Å²) in [6, 6.07) is 24.3. The van der Waals surface area contributed by atoms with Crippen molar-refractivity contribution in [3.63, 3.8) is 0 Å². The molecule has 0 aliphatic heterocycles. The van der Waals surface area contributed by atoms with Crippen LogP contribution in [0.4, 0.5) is 5.69 Å². The Morgan fingerprint density at radius 1 is 0.750 bits per heavy atom. The molecule has 24 heavy (non-hydrogen) atoms. The van der Waals surface area contributed by atoms with Crippen molar-refractivity contribution in [2.75, 3.05) is 0 Å². The fourth-order valence-electron chi connectivity index (χ4n) is 2.94. The molecule has 0 aliphatic rings. The van der Waals surface area contributed by atoms with Crippen LogP contribution >= 0.6 is 27.5 Å². The van der Waals surface area contributed by atoms with Gasteiger partial charge in [0.2, 0.25) is 0 Å². The van der Waals surface area contributed by atoms with E-state index in [1.807, 2.05) is 54.7 Å². The molecule has 4 aromatic carbocycles. The lowest BCUT2D eigenvalue weighted by Crippen LogP contribution is -1.89. The highest BCUT2D eigenvalue weighted by Gasteiger charge is 2.10. The first-order valence-electron chi connectivity index (χ1n) is 7.62. The van der Waals surface area contributed by atoms with Crippen LogP contribution in [-0.4, -0.2) is 6.21 Å². The molecule has 4 aromatic rings. The van der Waals surface area contributed by atoms with Crippen LogP contribution in [0.3, 0.4) is 0 Å². The van der Waals surface area contributed by atoms with E-state index in [1.54, 1.807) is 0 Å². The van der Waals surface area contributed by atoms with Gasteiger partial charge in [-0.2, -0.15) is 0 Å². The van der Waals surface area contributed by atoms with Gasteiger partial charge >= 0.3 is 0 Å². The largest absolute Gasteiger partial charge is 0.256 e. The Labute approximate surface area is 153 Å². The van der Waals surface area contributed by atoms with Gasteiger partial charge in [0.15, 0.2) is 0 Å². The van der Waals surface area contributed by atoms with E-state index < -0.39 is 0 Å². The van der Waals surface area contributed by atoms with Crippen molar-refractivity contribution in [2.24, 2.45) is 4.99 Å². The molecule has 0 saturated carbocycles. The Hall–Kier alpha value is -2.16. The molecule has 0 unspecified atom stereocenters. The number of hydrogen-bond acceptors (Lipinski definition) is 1. The lowest BCUT2D eigenvalue weighted by molar-refractivity contribution is 1.51. The average Bonchev–Trinajstić information content (AvgIpc) is 2.62. The van der Waals surface area contributed by atoms with Crippen LogP contribution in [0.15, 0.2) is 82.3 Å². The molecule has 0 radical (unpaired) electrons. The minimum Gasteiger partial charge on any atom is -0.256 e. The zero-order chi connectivity index (χ0) is 16.5. The molecular formula is C21H13BrClN. The predicted molar refractivity (Wildman–Crippen MR) is 108 cm³/mol. The van der Waals surface area contributed by atoms with Crippen LogP contribution in [0.5, 0.6) is 0 Å². The fourth-order valence-corrected chi connectivity index (χ4v) is 3.66. The highest BCUT2D eigenvalue weighted by molar-refractivity contribution is 9.10. The van der Waals surface area contributed by atoms with E-state index in [4.69, 9.17) is 11.6 Å². The Morgan fingerprint density at radius 3 is 1.92 bits per heavy atom. The van der Waals surface area contributed by atoms with Crippen molar-refractivity contribution in [3.8, 4) is 0 Å². The van der Waals surface area contributed by atoms with Crippen LogP contribution in [-0.2, 0) is 0 Å². The van der Waals surface area contributed by atoms with Crippen LogP contribution in [0.25, 0.3) is 21.5 Å². The summed E-state index contributed by atoms with van der Waals surface area (Å²) in [6.45, 7) is 0. The van der Waals surface area contributed by atoms with Crippen molar-refractivity contribution < 1.29 is 0 Å². The maximum Gasteiger partial charge on any atom is 0.0641 e. The minimum absolute atomic E-state index is 0.792. The summed E-state index contributed by atoms with van der Waals surface area (Å²) in [4.78, 5) is 4.67. The van der Waals surface area contributed by atoms with E-state index in [1.165, 1.54) is 0 Å². The van der Waals surface area contributed by atoms with Gasteiger partial charge in [-0.25, -0.2) is 0 Å². The highest BCUT2D eigenvalue weighted by atomic mass is 79.9. The van der Waals surface area contributed by atoms with Gasteiger partial charge in [-0.3, -0.25) is 4.99 Å². The Bertz CT molecular complexity index is 1030. The van der Waals surface area contributed by atoms with Gasteiger partial charge in [0, 0.05) is 27.0 Å². The third-order valence-electron chi connectivity index (χ3n) is 4.06. The summed E-state index contributed by atoms with van der Waals surface area (Å²) < 4.78 is 1.02. The smallest absolute Gasteiger partial charge is 0.0641 e. The number of halogens is 2. The van der Waals surface area contributed by atoms with Gasteiger partial charge in [0.1, 0.15) is 0 Å². The number of hydrogen-bond donors (Lipinski definition) is 0. The summed E-state index contributed by atoms with van der Waals surface area (Å²) in [6.07, 6.45) is 1.93. The topological polar surface area (TPSA) is 12.4 Å². The van der Waals surface area contributed by atoms with E-state index >= 15 is 0 Å². The van der Waals surface area contributed by atoms with Crippen LogP contribution in [0.2, 0.25) is 5.02 Å². The van der Waals surface area contributed by atoms with Crippen LogP contribution in [0.1, 0.15) is 5.56 Å². The summed E-state index contributed by atoms with van der Waals surface area (Å²) in [5, 5.41) is 5.11. The summed E-state index contributed by atoms with van der Waals surface area (Å²) in [7, 11) is 0. The van der Waals surface area contributed by atoms with Gasteiger partial charge < -0.3 is 0 Å². The second-order valence-electron chi connectivity index (χ2n) is 5.56. The molecule has 0 amide bonds. The molecule has 1 nitrogen and oxygen atoms in total. The maximum absolute atomic E-state index is 6.63. The standard InChI is InChI=1S/C21H13BrClN/c22-14-6-5-7-15(12-14)24-13-20-16-8-1-3-10-18(16)21(23)19-11-4-2-9-17(19)20/h1-13H. The zero-order valence-corrected chi connectivity index (χ0v) is 15.1. The average molecular weight is 395 g/mol. The van der Waals surface area contributed by atoms with E-state index in [-0.39, 0.29) is 0 Å². The first kappa shape index (κ1) is 15.4. The van der Waals surface area contributed by atoms with Crippen molar-refractivity contribution in [1.29, 1.82) is 0 Å². The SMILES string of the molecule is Clc1c2ccccc2c(C=Nc2cccc(Br)c2)c2ccccc12. The highest BCUT2D eigenvalue weighted by Crippen LogP contribution is 2.35. The Morgan fingerprint density at radius 2 is 1.33 bits per heavy atom. The third kappa shape index (κ3) is 2.72. The number of fused-ring (bicyclic) bond motifs is 2. The van der Waals surface area contributed by atoms with Crippen molar-refractivity contribution in [2.45, 2.75) is 0 Å². The molecule has 0 heterocycles. The minimum atomic E-state index is 0.792. The molecule has 0 aliphatic carbocycles. The Kier molecular flexibility index (Phi) is 4.09. The van der Waals surface area contributed by atoms with Gasteiger partial charge in [0.05, 0.1) is 10.7 Å². The number of rotatable bonds is 2. The van der Waals surface area contributed by atoms with E-state index in [0.717, 1.165) is 42.3 Å². The molecule has 0 fully saturated rings. The molecule has 3 heteroatoms. The van der Waals surface area contributed by atoms with Gasteiger partial charge in [-0.1, -0.05) is 82.1 Å². The van der Waals surface area contributed by atoms with Crippen molar-refractivity contribution in [1.82, 2.24) is 0 Å². The molecule has 0 aromatic heterocycles.